The van der Waals surface area contributed by atoms with Gasteiger partial charge < -0.3 is 14.2 Å². The summed E-state index contributed by atoms with van der Waals surface area (Å²) < 4.78 is 7.05. The van der Waals surface area contributed by atoms with Gasteiger partial charge in [0.15, 0.2) is 5.76 Å². The van der Waals surface area contributed by atoms with Gasteiger partial charge in [0, 0.05) is 12.5 Å². The molecule has 0 amide bonds. The minimum Gasteiger partial charge on any atom is -0.478 e. The van der Waals surface area contributed by atoms with Crippen molar-refractivity contribution in [2.45, 2.75) is 26.3 Å². The maximum absolute atomic E-state index is 11.5. The third kappa shape index (κ3) is 2.40. The smallest absolute Gasteiger partial charge is 0.337 e. The Hall–Kier alpha value is -2.63. The van der Waals surface area contributed by atoms with Crippen LogP contribution in [-0.4, -0.2) is 25.8 Å². The van der Waals surface area contributed by atoms with Crippen LogP contribution in [0.3, 0.4) is 0 Å². The lowest BCUT2D eigenvalue weighted by Crippen LogP contribution is -2.07. The molecule has 3 aromatic rings. The molecule has 0 saturated heterocycles. The quantitative estimate of drug-likeness (QED) is 0.779. The Kier molecular flexibility index (Phi) is 3.43. The number of rotatable bonds is 5. The second-order valence-electron chi connectivity index (χ2n) is 4.82. The van der Waals surface area contributed by atoms with Crippen LogP contribution in [0.25, 0.3) is 11.0 Å². The lowest BCUT2D eigenvalue weighted by atomic mass is 10.2. The van der Waals surface area contributed by atoms with Crippen LogP contribution >= 0.6 is 0 Å². The second-order valence-corrected chi connectivity index (χ2v) is 4.82. The van der Waals surface area contributed by atoms with Crippen molar-refractivity contribution in [2.24, 2.45) is 0 Å². The van der Waals surface area contributed by atoms with Crippen molar-refractivity contribution in [3.05, 3.63) is 47.6 Å². The molecular weight excluding hydrogens is 270 g/mol. The van der Waals surface area contributed by atoms with E-state index in [1.165, 1.54) is 0 Å². The SMILES string of the molecule is CCCc1nc2cccc(C(=O)O)c2n1Cc1ccno1. The molecule has 0 fully saturated rings. The van der Waals surface area contributed by atoms with Crippen molar-refractivity contribution in [3.63, 3.8) is 0 Å². The summed E-state index contributed by atoms with van der Waals surface area (Å²) in [5.41, 5.74) is 1.57. The predicted molar refractivity (Wildman–Crippen MR) is 76.3 cm³/mol. The van der Waals surface area contributed by atoms with Crippen LogP contribution in [0, 0.1) is 0 Å². The summed E-state index contributed by atoms with van der Waals surface area (Å²) in [6.07, 6.45) is 3.29. The average Bonchev–Trinajstić information content (AvgIpc) is 3.08. The molecule has 0 unspecified atom stereocenters. The zero-order valence-electron chi connectivity index (χ0n) is 11.6. The molecule has 3 rings (SSSR count). The molecule has 0 bridgehead atoms. The second kappa shape index (κ2) is 5.40. The van der Waals surface area contributed by atoms with E-state index in [0.29, 0.717) is 23.3 Å². The molecule has 1 N–H and O–H groups in total. The summed E-state index contributed by atoms with van der Waals surface area (Å²) in [6.45, 7) is 2.49. The third-order valence-electron chi connectivity index (χ3n) is 3.35. The largest absolute Gasteiger partial charge is 0.478 e. The minimum atomic E-state index is -0.956. The molecule has 0 spiro atoms. The molecule has 2 heterocycles. The van der Waals surface area contributed by atoms with E-state index in [-0.39, 0.29) is 5.56 Å². The van der Waals surface area contributed by atoms with Crippen molar-refractivity contribution in [3.8, 4) is 0 Å². The lowest BCUT2D eigenvalue weighted by Gasteiger charge is -2.08. The summed E-state index contributed by atoms with van der Waals surface area (Å²) in [4.78, 5) is 16.0. The van der Waals surface area contributed by atoms with E-state index in [9.17, 15) is 9.90 Å². The number of aromatic nitrogens is 3. The van der Waals surface area contributed by atoms with Gasteiger partial charge in [-0.3, -0.25) is 0 Å². The van der Waals surface area contributed by atoms with E-state index in [1.54, 1.807) is 24.4 Å². The standard InChI is InChI=1S/C15H15N3O3/c1-2-4-13-17-12-6-3-5-11(15(19)20)14(12)18(13)9-10-7-8-16-21-10/h3,5-8H,2,4,9H2,1H3,(H,19,20). The number of hydrogen-bond acceptors (Lipinski definition) is 4. The number of benzene rings is 1. The first-order valence-electron chi connectivity index (χ1n) is 6.81. The zero-order valence-corrected chi connectivity index (χ0v) is 11.6. The van der Waals surface area contributed by atoms with Crippen molar-refractivity contribution in [2.75, 3.05) is 0 Å². The van der Waals surface area contributed by atoms with Gasteiger partial charge in [-0.15, -0.1) is 0 Å². The number of fused-ring (bicyclic) bond motifs is 1. The molecule has 0 aliphatic rings. The van der Waals surface area contributed by atoms with E-state index < -0.39 is 5.97 Å². The maximum atomic E-state index is 11.5. The van der Waals surface area contributed by atoms with Crippen LogP contribution in [0.1, 0.15) is 35.3 Å². The molecular formula is C15H15N3O3. The number of aryl methyl sites for hydroxylation is 1. The Morgan fingerprint density at radius 3 is 2.90 bits per heavy atom. The molecule has 0 aliphatic carbocycles. The van der Waals surface area contributed by atoms with Crippen LogP contribution in [0.4, 0.5) is 0 Å². The van der Waals surface area contributed by atoms with Gasteiger partial charge in [-0.05, 0) is 18.6 Å². The Morgan fingerprint density at radius 1 is 1.38 bits per heavy atom. The van der Waals surface area contributed by atoms with Crippen LogP contribution in [0.15, 0.2) is 35.0 Å². The highest BCUT2D eigenvalue weighted by atomic mass is 16.5. The topological polar surface area (TPSA) is 81.1 Å². The number of carbonyl (C=O) groups is 1. The van der Waals surface area contributed by atoms with E-state index >= 15 is 0 Å². The summed E-state index contributed by atoms with van der Waals surface area (Å²) >= 11 is 0. The number of carboxylic acid groups (broad SMARTS) is 1. The summed E-state index contributed by atoms with van der Waals surface area (Å²) in [5.74, 6) is 0.576. The number of carboxylic acids is 1. The van der Waals surface area contributed by atoms with Gasteiger partial charge in [0.05, 0.1) is 29.3 Å². The van der Waals surface area contributed by atoms with E-state index in [1.807, 2.05) is 10.6 Å². The number of imidazole rings is 1. The molecule has 0 aliphatic heterocycles. The molecule has 0 saturated carbocycles. The Morgan fingerprint density at radius 2 is 2.24 bits per heavy atom. The van der Waals surface area contributed by atoms with Crippen molar-refractivity contribution in [1.82, 2.24) is 14.7 Å². The van der Waals surface area contributed by atoms with E-state index in [2.05, 4.69) is 17.1 Å². The number of hydrogen-bond donors (Lipinski definition) is 1. The van der Waals surface area contributed by atoms with Crippen LogP contribution in [0.5, 0.6) is 0 Å². The van der Waals surface area contributed by atoms with E-state index in [4.69, 9.17) is 4.52 Å². The highest BCUT2D eigenvalue weighted by molar-refractivity contribution is 6.01. The fraction of sp³-hybridized carbons (Fsp3) is 0.267. The molecule has 0 radical (unpaired) electrons. The molecule has 6 heteroatoms. The molecule has 2 aromatic heterocycles. The third-order valence-corrected chi connectivity index (χ3v) is 3.35. The average molecular weight is 285 g/mol. The number of nitrogens with zero attached hydrogens (tertiary/aromatic N) is 3. The maximum Gasteiger partial charge on any atom is 0.337 e. The Balaban J connectivity index is 2.21. The molecule has 108 valence electrons. The first-order chi connectivity index (χ1) is 10.2. The minimum absolute atomic E-state index is 0.252. The van der Waals surface area contributed by atoms with Gasteiger partial charge in [0.2, 0.25) is 0 Å². The van der Waals surface area contributed by atoms with Gasteiger partial charge >= 0.3 is 5.97 Å². The molecule has 0 atom stereocenters. The monoisotopic (exact) mass is 285 g/mol. The van der Waals surface area contributed by atoms with Gasteiger partial charge in [-0.1, -0.05) is 18.1 Å². The van der Waals surface area contributed by atoms with Crippen molar-refractivity contribution >= 4 is 17.0 Å². The highest BCUT2D eigenvalue weighted by Gasteiger charge is 2.18. The summed E-state index contributed by atoms with van der Waals surface area (Å²) in [7, 11) is 0. The lowest BCUT2D eigenvalue weighted by molar-refractivity contribution is 0.0698. The van der Waals surface area contributed by atoms with E-state index in [0.717, 1.165) is 18.7 Å². The predicted octanol–water partition coefficient (Wildman–Crippen LogP) is 2.72. The fourth-order valence-electron chi connectivity index (χ4n) is 2.47. The van der Waals surface area contributed by atoms with Crippen molar-refractivity contribution in [1.29, 1.82) is 0 Å². The highest BCUT2D eigenvalue weighted by Crippen LogP contribution is 2.23. The first-order valence-corrected chi connectivity index (χ1v) is 6.81. The van der Waals surface area contributed by atoms with Gasteiger partial charge in [-0.2, -0.15) is 0 Å². The van der Waals surface area contributed by atoms with Gasteiger partial charge in [-0.25, -0.2) is 9.78 Å². The number of para-hydroxylation sites is 1. The molecule has 1 aromatic carbocycles. The Bertz CT molecular complexity index is 775. The van der Waals surface area contributed by atoms with Crippen LogP contribution in [0.2, 0.25) is 0 Å². The normalized spacial score (nSPS) is 11.1. The van der Waals surface area contributed by atoms with Gasteiger partial charge in [0.1, 0.15) is 5.82 Å². The summed E-state index contributed by atoms with van der Waals surface area (Å²) in [6, 6.07) is 6.91. The van der Waals surface area contributed by atoms with Crippen molar-refractivity contribution < 1.29 is 14.4 Å². The van der Waals surface area contributed by atoms with Crippen LogP contribution in [-0.2, 0) is 13.0 Å². The first kappa shape index (κ1) is 13.4. The molecule has 6 nitrogen and oxygen atoms in total. The number of aromatic carboxylic acids is 1. The summed E-state index contributed by atoms with van der Waals surface area (Å²) in [5, 5.41) is 13.1. The van der Waals surface area contributed by atoms with Gasteiger partial charge in [0.25, 0.3) is 0 Å². The Labute approximate surface area is 121 Å². The zero-order chi connectivity index (χ0) is 14.8. The fourth-order valence-corrected chi connectivity index (χ4v) is 2.47. The molecule has 21 heavy (non-hydrogen) atoms. The van der Waals surface area contributed by atoms with Crippen LogP contribution < -0.4 is 0 Å².